The van der Waals surface area contributed by atoms with Gasteiger partial charge in [0, 0.05) is 6.04 Å². The molecule has 2 nitrogen and oxygen atoms in total. The number of nitrogens with two attached hydrogens (primary N) is 1. The van der Waals surface area contributed by atoms with Gasteiger partial charge in [0.15, 0.2) is 0 Å². The van der Waals surface area contributed by atoms with Gasteiger partial charge in [-0.15, -0.1) is 0 Å². The van der Waals surface area contributed by atoms with Crippen LogP contribution in [0.25, 0.3) is 0 Å². The minimum absolute atomic E-state index is 0.323. The van der Waals surface area contributed by atoms with Crippen LogP contribution in [-0.2, 0) is 4.74 Å². The molecule has 70 valence electrons. The van der Waals surface area contributed by atoms with E-state index in [-0.39, 0.29) is 0 Å². The summed E-state index contributed by atoms with van der Waals surface area (Å²) in [5.41, 5.74) is 6.12. The van der Waals surface area contributed by atoms with Crippen LogP contribution < -0.4 is 5.73 Å². The smallest absolute Gasteiger partial charge is 0.0733 e. The molecule has 1 saturated carbocycles. The lowest BCUT2D eigenvalue weighted by molar-refractivity contribution is 0.0168. The fraction of sp³-hybridized carbons (Fsp3) is 1.00. The standard InChI is InChI=1S/C10H19NO/c1-7-5-6-9(12-7)10(11)8-3-2-4-8/h7-10H,2-6,11H2,1H3. The first-order chi connectivity index (χ1) is 5.77. The third-order valence-corrected chi connectivity index (χ3v) is 3.39. The third-order valence-electron chi connectivity index (χ3n) is 3.39. The Kier molecular flexibility index (Phi) is 2.37. The fourth-order valence-corrected chi connectivity index (χ4v) is 2.24. The van der Waals surface area contributed by atoms with E-state index in [4.69, 9.17) is 10.5 Å². The molecule has 3 unspecified atom stereocenters. The molecule has 1 aliphatic heterocycles. The highest BCUT2D eigenvalue weighted by Gasteiger charge is 2.34. The average molecular weight is 169 g/mol. The molecule has 0 aromatic heterocycles. The molecule has 12 heavy (non-hydrogen) atoms. The second-order valence-electron chi connectivity index (χ2n) is 4.33. The van der Waals surface area contributed by atoms with E-state index >= 15 is 0 Å². The van der Waals surface area contributed by atoms with E-state index in [1.807, 2.05) is 0 Å². The zero-order valence-electron chi connectivity index (χ0n) is 7.83. The van der Waals surface area contributed by atoms with Crippen LogP contribution >= 0.6 is 0 Å². The summed E-state index contributed by atoms with van der Waals surface area (Å²) in [7, 11) is 0. The van der Waals surface area contributed by atoms with Gasteiger partial charge in [0.1, 0.15) is 0 Å². The highest BCUT2D eigenvalue weighted by Crippen LogP contribution is 2.34. The molecular weight excluding hydrogens is 150 g/mol. The zero-order valence-corrected chi connectivity index (χ0v) is 7.83. The number of hydrogen-bond acceptors (Lipinski definition) is 2. The van der Waals surface area contributed by atoms with E-state index in [1.54, 1.807) is 0 Å². The van der Waals surface area contributed by atoms with Crippen LogP contribution in [0.4, 0.5) is 0 Å². The van der Waals surface area contributed by atoms with Gasteiger partial charge in [-0.2, -0.15) is 0 Å². The normalized spacial score (nSPS) is 39.5. The Labute approximate surface area is 74.5 Å². The van der Waals surface area contributed by atoms with Crippen molar-refractivity contribution in [3.63, 3.8) is 0 Å². The van der Waals surface area contributed by atoms with Gasteiger partial charge in [-0.25, -0.2) is 0 Å². The summed E-state index contributed by atoms with van der Waals surface area (Å²) in [5, 5.41) is 0. The van der Waals surface area contributed by atoms with E-state index in [9.17, 15) is 0 Å². The second-order valence-corrected chi connectivity index (χ2v) is 4.33. The van der Waals surface area contributed by atoms with Gasteiger partial charge in [0.25, 0.3) is 0 Å². The molecule has 0 amide bonds. The van der Waals surface area contributed by atoms with Crippen LogP contribution in [0.1, 0.15) is 39.0 Å². The predicted molar refractivity (Wildman–Crippen MR) is 48.9 cm³/mol. The lowest BCUT2D eigenvalue weighted by Gasteiger charge is -2.34. The Hall–Kier alpha value is -0.0800. The summed E-state index contributed by atoms with van der Waals surface area (Å²) in [4.78, 5) is 0. The van der Waals surface area contributed by atoms with Gasteiger partial charge in [-0.05, 0) is 38.5 Å². The molecule has 1 aliphatic carbocycles. The maximum Gasteiger partial charge on any atom is 0.0733 e. The number of ether oxygens (including phenoxy) is 1. The molecule has 0 radical (unpaired) electrons. The molecule has 1 heterocycles. The first kappa shape index (κ1) is 8.52. The van der Waals surface area contributed by atoms with Crippen molar-refractivity contribution < 1.29 is 4.74 Å². The van der Waals surface area contributed by atoms with E-state index in [1.165, 1.54) is 32.1 Å². The molecule has 1 saturated heterocycles. The van der Waals surface area contributed by atoms with Crippen LogP contribution in [0.15, 0.2) is 0 Å². The highest BCUT2D eigenvalue weighted by atomic mass is 16.5. The Morgan fingerprint density at radius 2 is 2.00 bits per heavy atom. The number of rotatable bonds is 2. The summed E-state index contributed by atoms with van der Waals surface area (Å²) in [6.07, 6.45) is 7.22. The van der Waals surface area contributed by atoms with Gasteiger partial charge in [0.2, 0.25) is 0 Å². The van der Waals surface area contributed by atoms with Gasteiger partial charge < -0.3 is 10.5 Å². The topological polar surface area (TPSA) is 35.2 Å². The third kappa shape index (κ3) is 1.50. The molecular formula is C10H19NO. The minimum Gasteiger partial charge on any atom is -0.374 e. The Bertz CT molecular complexity index is 156. The van der Waals surface area contributed by atoms with Crippen molar-refractivity contribution in [1.29, 1.82) is 0 Å². The Morgan fingerprint density at radius 3 is 2.42 bits per heavy atom. The maximum absolute atomic E-state index is 6.12. The predicted octanol–water partition coefficient (Wildman–Crippen LogP) is 1.68. The Morgan fingerprint density at radius 1 is 1.25 bits per heavy atom. The van der Waals surface area contributed by atoms with Gasteiger partial charge in [-0.1, -0.05) is 6.42 Å². The van der Waals surface area contributed by atoms with Gasteiger partial charge in [0.05, 0.1) is 12.2 Å². The lowest BCUT2D eigenvalue weighted by Crippen LogP contribution is -2.44. The van der Waals surface area contributed by atoms with Crippen LogP contribution in [-0.4, -0.2) is 18.2 Å². The summed E-state index contributed by atoms with van der Waals surface area (Å²) in [6, 6.07) is 0.323. The van der Waals surface area contributed by atoms with Crippen molar-refractivity contribution in [2.24, 2.45) is 11.7 Å². The fourth-order valence-electron chi connectivity index (χ4n) is 2.24. The van der Waals surface area contributed by atoms with Crippen molar-refractivity contribution in [2.45, 2.75) is 57.3 Å². The Balaban J connectivity index is 1.83. The second kappa shape index (κ2) is 3.35. The maximum atomic E-state index is 6.12. The molecule has 3 atom stereocenters. The average Bonchev–Trinajstić information content (AvgIpc) is 2.31. The zero-order chi connectivity index (χ0) is 8.55. The molecule has 0 aromatic rings. The molecule has 0 aromatic carbocycles. The van der Waals surface area contributed by atoms with Gasteiger partial charge >= 0.3 is 0 Å². The molecule has 0 bridgehead atoms. The quantitative estimate of drug-likeness (QED) is 0.682. The summed E-state index contributed by atoms with van der Waals surface area (Å²) >= 11 is 0. The van der Waals surface area contributed by atoms with Crippen LogP contribution in [0.5, 0.6) is 0 Å². The van der Waals surface area contributed by atoms with Gasteiger partial charge in [-0.3, -0.25) is 0 Å². The summed E-state index contributed by atoms with van der Waals surface area (Å²) in [5.74, 6) is 0.764. The molecule has 2 fully saturated rings. The minimum atomic E-state index is 0.323. The number of hydrogen-bond donors (Lipinski definition) is 1. The summed E-state index contributed by atoms with van der Waals surface area (Å²) in [6.45, 7) is 2.15. The molecule has 2 N–H and O–H groups in total. The largest absolute Gasteiger partial charge is 0.374 e. The molecule has 2 rings (SSSR count). The molecule has 0 spiro atoms. The summed E-state index contributed by atoms with van der Waals surface area (Å²) < 4.78 is 5.75. The van der Waals surface area contributed by atoms with E-state index in [0.29, 0.717) is 18.2 Å². The van der Waals surface area contributed by atoms with Crippen LogP contribution in [0.3, 0.4) is 0 Å². The van der Waals surface area contributed by atoms with Crippen molar-refractivity contribution >= 4 is 0 Å². The van der Waals surface area contributed by atoms with Crippen LogP contribution in [0, 0.1) is 5.92 Å². The van der Waals surface area contributed by atoms with E-state index in [2.05, 4.69) is 6.92 Å². The lowest BCUT2D eigenvalue weighted by atomic mass is 9.78. The van der Waals surface area contributed by atoms with Crippen molar-refractivity contribution in [3.05, 3.63) is 0 Å². The first-order valence-corrected chi connectivity index (χ1v) is 5.18. The van der Waals surface area contributed by atoms with Crippen molar-refractivity contribution in [3.8, 4) is 0 Å². The highest BCUT2D eigenvalue weighted by molar-refractivity contribution is 4.88. The van der Waals surface area contributed by atoms with Crippen LogP contribution in [0.2, 0.25) is 0 Å². The van der Waals surface area contributed by atoms with Crippen molar-refractivity contribution in [2.75, 3.05) is 0 Å². The SMILES string of the molecule is CC1CCC(C(N)C2CCC2)O1. The monoisotopic (exact) mass is 169 g/mol. The van der Waals surface area contributed by atoms with E-state index in [0.717, 1.165) is 5.92 Å². The molecule has 2 aliphatic rings. The first-order valence-electron chi connectivity index (χ1n) is 5.18. The van der Waals surface area contributed by atoms with E-state index < -0.39 is 0 Å². The van der Waals surface area contributed by atoms with Crippen molar-refractivity contribution in [1.82, 2.24) is 0 Å². The molecule has 2 heteroatoms.